The zero-order chi connectivity index (χ0) is 10.9. The van der Waals surface area contributed by atoms with E-state index in [1.807, 2.05) is 31.2 Å². The van der Waals surface area contributed by atoms with Crippen LogP contribution in [0.5, 0.6) is 5.75 Å². The van der Waals surface area contributed by atoms with Crippen molar-refractivity contribution in [1.29, 1.82) is 5.26 Å². The summed E-state index contributed by atoms with van der Waals surface area (Å²) in [5.41, 5.74) is 0.679. The van der Waals surface area contributed by atoms with Gasteiger partial charge in [-0.3, -0.25) is 0 Å². The first-order chi connectivity index (χ1) is 7.26. The fraction of sp³-hybridized carbons (Fsp3) is 0.417. The van der Waals surface area contributed by atoms with E-state index in [1.165, 1.54) is 0 Å². The number of rotatable bonds is 3. The largest absolute Gasteiger partial charge is 0.497 e. The van der Waals surface area contributed by atoms with E-state index in [0.717, 1.165) is 17.7 Å². The van der Waals surface area contributed by atoms with Crippen LogP contribution in [0.1, 0.15) is 18.9 Å². The third kappa shape index (κ3) is 1.47. The van der Waals surface area contributed by atoms with E-state index in [1.54, 1.807) is 7.11 Å². The van der Waals surface area contributed by atoms with Gasteiger partial charge in [-0.05, 0) is 24.1 Å². The lowest BCUT2D eigenvalue weighted by Crippen LogP contribution is -2.10. The van der Waals surface area contributed by atoms with Crippen LogP contribution in [0.3, 0.4) is 0 Å². The summed E-state index contributed by atoms with van der Waals surface area (Å²) in [6, 6.07) is 9.85. The second-order valence-corrected chi connectivity index (χ2v) is 3.60. The van der Waals surface area contributed by atoms with E-state index < -0.39 is 0 Å². The van der Waals surface area contributed by atoms with Crippen molar-refractivity contribution in [3.63, 3.8) is 0 Å². The van der Waals surface area contributed by atoms with E-state index in [2.05, 4.69) is 6.07 Å². The molecule has 1 saturated heterocycles. The predicted octanol–water partition coefficient (Wildman–Crippen LogP) is 2.22. The normalized spacial score (nSPS) is 28.2. The summed E-state index contributed by atoms with van der Waals surface area (Å²) in [7, 11) is 1.64. The number of ether oxygens (including phenoxy) is 2. The Morgan fingerprint density at radius 3 is 2.53 bits per heavy atom. The van der Waals surface area contributed by atoms with Crippen molar-refractivity contribution in [2.75, 3.05) is 7.11 Å². The molecule has 15 heavy (non-hydrogen) atoms. The quantitative estimate of drug-likeness (QED) is 0.707. The monoisotopic (exact) mass is 203 g/mol. The molecule has 0 amide bonds. The van der Waals surface area contributed by atoms with E-state index in [4.69, 9.17) is 14.7 Å². The van der Waals surface area contributed by atoms with Gasteiger partial charge in [-0.1, -0.05) is 19.1 Å². The smallest absolute Gasteiger partial charge is 0.178 e. The van der Waals surface area contributed by atoms with Crippen LogP contribution in [0.2, 0.25) is 0 Å². The van der Waals surface area contributed by atoms with Gasteiger partial charge in [0.1, 0.15) is 11.4 Å². The molecule has 0 bridgehead atoms. The highest BCUT2D eigenvalue weighted by atomic mass is 16.6. The van der Waals surface area contributed by atoms with Crippen molar-refractivity contribution in [2.24, 2.45) is 0 Å². The number of nitrogens with zero attached hydrogens (tertiary/aromatic N) is 1. The van der Waals surface area contributed by atoms with Gasteiger partial charge >= 0.3 is 0 Å². The number of benzene rings is 1. The molecule has 1 aromatic carbocycles. The SMILES string of the molecule is CCC1(c2ccc(OC)cc2)OC1C#N. The van der Waals surface area contributed by atoms with Gasteiger partial charge in [0.05, 0.1) is 13.2 Å². The molecule has 0 spiro atoms. The molecular formula is C12H13NO2. The van der Waals surface area contributed by atoms with Crippen molar-refractivity contribution in [3.05, 3.63) is 29.8 Å². The van der Waals surface area contributed by atoms with Crippen LogP contribution in [-0.2, 0) is 10.3 Å². The highest BCUT2D eigenvalue weighted by Gasteiger charge is 2.56. The maximum absolute atomic E-state index is 8.84. The van der Waals surface area contributed by atoms with Crippen molar-refractivity contribution < 1.29 is 9.47 Å². The van der Waals surface area contributed by atoms with Crippen LogP contribution in [0.25, 0.3) is 0 Å². The zero-order valence-corrected chi connectivity index (χ0v) is 8.86. The molecule has 2 rings (SSSR count). The molecule has 1 aromatic rings. The molecule has 2 unspecified atom stereocenters. The minimum atomic E-state index is -0.374. The van der Waals surface area contributed by atoms with Gasteiger partial charge in [0, 0.05) is 0 Å². The second-order valence-electron chi connectivity index (χ2n) is 3.60. The Balaban J connectivity index is 2.27. The number of epoxide rings is 1. The third-order valence-electron chi connectivity index (χ3n) is 2.92. The third-order valence-corrected chi connectivity index (χ3v) is 2.92. The summed E-state index contributed by atoms with van der Waals surface area (Å²) >= 11 is 0. The second kappa shape index (κ2) is 3.56. The molecule has 1 fully saturated rings. The van der Waals surface area contributed by atoms with Gasteiger partial charge < -0.3 is 9.47 Å². The summed E-state index contributed by atoms with van der Waals surface area (Å²) in [4.78, 5) is 0. The summed E-state index contributed by atoms with van der Waals surface area (Å²) < 4.78 is 10.5. The number of hydrogen-bond donors (Lipinski definition) is 0. The van der Waals surface area contributed by atoms with Gasteiger partial charge in [-0.25, -0.2) is 0 Å². The Morgan fingerprint density at radius 2 is 2.13 bits per heavy atom. The van der Waals surface area contributed by atoms with E-state index in [9.17, 15) is 0 Å². The Labute approximate surface area is 89.2 Å². The lowest BCUT2D eigenvalue weighted by molar-refractivity contribution is 0.295. The maximum atomic E-state index is 8.84. The number of hydrogen-bond acceptors (Lipinski definition) is 3. The average molecular weight is 203 g/mol. The van der Waals surface area contributed by atoms with Gasteiger partial charge in [0.2, 0.25) is 0 Å². The fourth-order valence-electron chi connectivity index (χ4n) is 1.87. The van der Waals surface area contributed by atoms with Crippen LogP contribution < -0.4 is 4.74 Å². The highest BCUT2D eigenvalue weighted by molar-refractivity contribution is 5.36. The van der Waals surface area contributed by atoms with Crippen LogP contribution in [0.4, 0.5) is 0 Å². The van der Waals surface area contributed by atoms with E-state index >= 15 is 0 Å². The lowest BCUT2D eigenvalue weighted by atomic mass is 9.93. The van der Waals surface area contributed by atoms with E-state index in [0.29, 0.717) is 0 Å². The molecule has 2 atom stereocenters. The molecule has 3 heteroatoms. The number of methoxy groups -OCH3 is 1. The van der Waals surface area contributed by atoms with Crippen LogP contribution in [0.15, 0.2) is 24.3 Å². The lowest BCUT2D eigenvalue weighted by Gasteiger charge is -2.09. The minimum absolute atomic E-state index is 0.295. The molecule has 1 heterocycles. The zero-order valence-electron chi connectivity index (χ0n) is 8.86. The highest BCUT2D eigenvalue weighted by Crippen LogP contribution is 2.48. The number of nitriles is 1. The van der Waals surface area contributed by atoms with Gasteiger partial charge in [-0.15, -0.1) is 0 Å². The van der Waals surface area contributed by atoms with Crippen molar-refractivity contribution in [3.8, 4) is 11.8 Å². The van der Waals surface area contributed by atoms with Crippen LogP contribution in [-0.4, -0.2) is 13.2 Å². The average Bonchev–Trinajstić information content (AvgIpc) is 3.04. The van der Waals surface area contributed by atoms with Crippen molar-refractivity contribution in [1.82, 2.24) is 0 Å². The topological polar surface area (TPSA) is 45.5 Å². The van der Waals surface area contributed by atoms with Gasteiger partial charge in [0.25, 0.3) is 0 Å². The molecule has 0 aliphatic carbocycles. The first kappa shape index (κ1) is 10.0. The van der Waals surface area contributed by atoms with Gasteiger partial charge in [0.15, 0.2) is 6.10 Å². The first-order valence-electron chi connectivity index (χ1n) is 4.99. The molecule has 1 aliphatic rings. The van der Waals surface area contributed by atoms with Gasteiger partial charge in [-0.2, -0.15) is 5.26 Å². The van der Waals surface area contributed by atoms with Crippen LogP contribution in [0, 0.1) is 11.3 Å². The molecule has 0 aromatic heterocycles. The van der Waals surface area contributed by atoms with Crippen LogP contribution >= 0.6 is 0 Å². The standard InChI is InChI=1S/C12H13NO2/c1-3-12(11(8-13)15-12)9-4-6-10(14-2)7-5-9/h4-7,11H,3H2,1-2H3. The summed E-state index contributed by atoms with van der Waals surface area (Å²) in [5.74, 6) is 0.819. The predicted molar refractivity (Wildman–Crippen MR) is 55.4 cm³/mol. The summed E-state index contributed by atoms with van der Waals surface area (Å²) in [5, 5.41) is 8.84. The van der Waals surface area contributed by atoms with Crippen molar-refractivity contribution in [2.45, 2.75) is 25.0 Å². The molecule has 1 aliphatic heterocycles. The van der Waals surface area contributed by atoms with Crippen molar-refractivity contribution >= 4 is 0 Å². The van der Waals surface area contributed by atoms with E-state index in [-0.39, 0.29) is 11.7 Å². The Bertz CT molecular complexity index is 393. The molecule has 78 valence electrons. The molecule has 0 radical (unpaired) electrons. The molecule has 0 saturated carbocycles. The fourth-order valence-corrected chi connectivity index (χ4v) is 1.87. The summed E-state index contributed by atoms with van der Waals surface area (Å²) in [6.45, 7) is 2.03. The summed E-state index contributed by atoms with van der Waals surface area (Å²) in [6.07, 6.45) is 0.522. The Kier molecular flexibility index (Phi) is 2.37. The minimum Gasteiger partial charge on any atom is -0.497 e. The Hall–Kier alpha value is -1.53. The molecule has 3 nitrogen and oxygen atoms in total. The maximum Gasteiger partial charge on any atom is 0.178 e. The first-order valence-corrected chi connectivity index (χ1v) is 4.99. The molecular weight excluding hydrogens is 190 g/mol. The Morgan fingerprint density at radius 1 is 1.47 bits per heavy atom. The molecule has 0 N–H and O–H groups in total.